The Kier molecular flexibility index (Phi) is 7.19. The van der Waals surface area contributed by atoms with Gasteiger partial charge in [0.05, 0.1) is 15.5 Å². The fourth-order valence-electron chi connectivity index (χ4n) is 4.68. The van der Waals surface area contributed by atoms with Crippen LogP contribution in [0.5, 0.6) is 0 Å². The highest BCUT2D eigenvalue weighted by atomic mass is 79.9. The molecule has 3 aromatic carbocycles. The third-order valence-corrected chi connectivity index (χ3v) is 10.2. The Bertz CT molecular complexity index is 1480. The number of amides is 1. The molecule has 1 aromatic heterocycles. The monoisotopic (exact) mass is 582 g/mol. The van der Waals surface area contributed by atoms with E-state index in [1.165, 1.54) is 21.2 Å². The van der Waals surface area contributed by atoms with Gasteiger partial charge in [-0.05, 0) is 84.7 Å². The first-order valence-corrected chi connectivity index (χ1v) is 15.0. The average molecular weight is 584 g/mol. The van der Waals surface area contributed by atoms with Crippen molar-refractivity contribution < 1.29 is 13.2 Å². The predicted molar refractivity (Wildman–Crippen MR) is 150 cm³/mol. The van der Waals surface area contributed by atoms with Gasteiger partial charge in [-0.25, -0.2) is 8.42 Å². The lowest BCUT2D eigenvalue weighted by Crippen LogP contribution is -2.38. The van der Waals surface area contributed by atoms with E-state index in [-0.39, 0.29) is 10.8 Å². The van der Waals surface area contributed by atoms with E-state index in [0.717, 1.165) is 46.9 Å². The van der Waals surface area contributed by atoms with Crippen molar-refractivity contribution in [2.24, 2.45) is 5.92 Å². The van der Waals surface area contributed by atoms with Crippen LogP contribution in [0.15, 0.2) is 88.2 Å². The molecule has 0 spiro atoms. The first-order chi connectivity index (χ1) is 17.3. The number of hydrogen-bond donors (Lipinski definition) is 0. The van der Waals surface area contributed by atoms with Crippen molar-refractivity contribution in [3.05, 3.63) is 93.8 Å². The van der Waals surface area contributed by atoms with Crippen LogP contribution in [0, 0.1) is 5.92 Å². The van der Waals surface area contributed by atoms with E-state index < -0.39 is 10.0 Å². The van der Waals surface area contributed by atoms with Crippen LogP contribution in [0.3, 0.4) is 0 Å². The van der Waals surface area contributed by atoms with Crippen LogP contribution in [-0.4, -0.2) is 39.4 Å². The summed E-state index contributed by atoms with van der Waals surface area (Å²) < 4.78 is 29.3. The summed E-state index contributed by atoms with van der Waals surface area (Å²) in [6, 6.07) is 24.5. The first-order valence-electron chi connectivity index (χ1n) is 11.9. The molecule has 5 nitrogen and oxygen atoms in total. The van der Waals surface area contributed by atoms with E-state index in [2.05, 4.69) is 40.2 Å². The van der Waals surface area contributed by atoms with Gasteiger partial charge in [-0.2, -0.15) is 0 Å². The summed E-state index contributed by atoms with van der Waals surface area (Å²) in [7, 11) is -2.14. The molecule has 0 unspecified atom stereocenters. The number of rotatable bonds is 6. The SMILES string of the molecule is CN(c1ccc2sc(C(=O)N3CCC(Cc4ccccc4)CC3)cc2c1)S(=O)(=O)c1ccc(Br)cc1. The summed E-state index contributed by atoms with van der Waals surface area (Å²) >= 11 is 4.81. The molecule has 1 aliphatic heterocycles. The number of piperidine rings is 1. The van der Waals surface area contributed by atoms with Crippen molar-refractivity contribution in [3.8, 4) is 0 Å². The molecule has 0 N–H and O–H groups in total. The number of anilines is 1. The first kappa shape index (κ1) is 25.0. The Labute approximate surface area is 224 Å². The summed E-state index contributed by atoms with van der Waals surface area (Å²) in [6.45, 7) is 1.54. The van der Waals surface area contributed by atoms with Crippen molar-refractivity contribution in [1.29, 1.82) is 0 Å². The molecule has 0 bridgehead atoms. The third-order valence-electron chi connectivity index (χ3n) is 6.82. The predicted octanol–water partition coefficient (Wildman–Crippen LogP) is 6.58. The highest BCUT2D eigenvalue weighted by molar-refractivity contribution is 9.10. The molecular formula is C28H27BrN2O3S2. The van der Waals surface area contributed by atoms with Crippen molar-refractivity contribution in [1.82, 2.24) is 4.90 Å². The molecule has 2 heterocycles. The van der Waals surface area contributed by atoms with Gasteiger partial charge >= 0.3 is 0 Å². The molecule has 0 aliphatic carbocycles. The van der Waals surface area contributed by atoms with E-state index in [1.54, 1.807) is 37.4 Å². The molecule has 4 aromatic rings. The molecule has 1 amide bonds. The fraction of sp³-hybridized carbons (Fsp3) is 0.250. The Morgan fingerprint density at radius 1 is 1.00 bits per heavy atom. The van der Waals surface area contributed by atoms with Gasteiger partial charge in [-0.15, -0.1) is 11.3 Å². The summed E-state index contributed by atoms with van der Waals surface area (Å²) in [5.74, 6) is 0.663. The lowest BCUT2D eigenvalue weighted by atomic mass is 9.90. The topological polar surface area (TPSA) is 57.7 Å². The van der Waals surface area contributed by atoms with Gasteiger partial charge in [-0.3, -0.25) is 9.10 Å². The Balaban J connectivity index is 1.28. The summed E-state index contributed by atoms with van der Waals surface area (Å²) in [5.41, 5.74) is 1.92. The number of nitrogens with zero attached hydrogens (tertiary/aromatic N) is 2. The van der Waals surface area contributed by atoms with Crippen molar-refractivity contribution >= 4 is 59.0 Å². The highest BCUT2D eigenvalue weighted by Crippen LogP contribution is 2.33. The molecule has 8 heteroatoms. The maximum absolute atomic E-state index is 13.3. The quantitative estimate of drug-likeness (QED) is 0.258. The van der Waals surface area contributed by atoms with Crippen LogP contribution in [0.1, 0.15) is 28.1 Å². The summed E-state index contributed by atoms with van der Waals surface area (Å²) in [4.78, 5) is 16.1. The normalized spacial score (nSPS) is 14.8. The second kappa shape index (κ2) is 10.4. The Hall–Kier alpha value is -2.68. The molecule has 0 saturated carbocycles. The van der Waals surface area contributed by atoms with Crippen LogP contribution in [0.4, 0.5) is 5.69 Å². The van der Waals surface area contributed by atoms with E-state index in [4.69, 9.17) is 0 Å². The number of sulfonamides is 1. The maximum Gasteiger partial charge on any atom is 0.264 e. The Morgan fingerprint density at radius 3 is 2.39 bits per heavy atom. The zero-order chi connectivity index (χ0) is 25.3. The number of thiophene rings is 1. The smallest absolute Gasteiger partial charge is 0.264 e. The van der Waals surface area contributed by atoms with Crippen LogP contribution in [0.25, 0.3) is 10.1 Å². The molecule has 0 radical (unpaired) electrons. The number of halogens is 1. The summed E-state index contributed by atoms with van der Waals surface area (Å²) in [5, 5.41) is 0.873. The molecular weight excluding hydrogens is 556 g/mol. The maximum atomic E-state index is 13.3. The van der Waals surface area contributed by atoms with Gasteiger partial charge in [0.25, 0.3) is 15.9 Å². The number of carbonyl (C=O) groups is 1. The minimum Gasteiger partial charge on any atom is -0.338 e. The standard InChI is InChI=1S/C28H27BrN2O3S2/c1-30(36(33,34)25-10-7-23(29)8-11-25)24-9-12-26-22(18-24)19-27(35-26)28(32)31-15-13-21(14-16-31)17-20-5-3-2-4-6-20/h2-12,18-19,21H,13-17H2,1H3. The number of carbonyl (C=O) groups excluding carboxylic acids is 1. The zero-order valence-electron chi connectivity index (χ0n) is 19.9. The van der Waals surface area contributed by atoms with E-state index in [9.17, 15) is 13.2 Å². The van der Waals surface area contributed by atoms with E-state index in [0.29, 0.717) is 16.5 Å². The van der Waals surface area contributed by atoms with Gasteiger partial charge in [0.15, 0.2) is 0 Å². The minimum absolute atomic E-state index is 0.0618. The average Bonchev–Trinajstić information content (AvgIpc) is 3.32. The van der Waals surface area contributed by atoms with Gasteiger partial charge in [0, 0.05) is 29.3 Å². The van der Waals surface area contributed by atoms with Crippen molar-refractivity contribution in [3.63, 3.8) is 0 Å². The molecule has 0 atom stereocenters. The molecule has 186 valence electrons. The van der Waals surface area contributed by atoms with E-state index >= 15 is 0 Å². The van der Waals surface area contributed by atoms with Gasteiger partial charge in [0.1, 0.15) is 0 Å². The second-order valence-corrected chi connectivity index (χ2v) is 13.2. The number of benzene rings is 3. The third kappa shape index (κ3) is 5.21. The van der Waals surface area contributed by atoms with Gasteiger partial charge in [0.2, 0.25) is 0 Å². The van der Waals surface area contributed by atoms with Crippen LogP contribution >= 0.6 is 27.3 Å². The molecule has 1 fully saturated rings. The Morgan fingerprint density at radius 2 is 1.69 bits per heavy atom. The molecule has 1 saturated heterocycles. The van der Waals surface area contributed by atoms with Crippen molar-refractivity contribution in [2.75, 3.05) is 24.4 Å². The highest BCUT2D eigenvalue weighted by Gasteiger charge is 2.26. The second-order valence-electron chi connectivity index (χ2n) is 9.18. The number of hydrogen-bond acceptors (Lipinski definition) is 4. The molecule has 36 heavy (non-hydrogen) atoms. The molecule has 5 rings (SSSR count). The van der Waals surface area contributed by atoms with E-state index in [1.807, 2.05) is 29.2 Å². The summed E-state index contributed by atoms with van der Waals surface area (Å²) in [6.07, 6.45) is 3.08. The number of likely N-dealkylation sites (tertiary alicyclic amines) is 1. The van der Waals surface area contributed by atoms with Gasteiger partial charge < -0.3 is 4.90 Å². The minimum atomic E-state index is -3.69. The lowest BCUT2D eigenvalue weighted by Gasteiger charge is -2.31. The zero-order valence-corrected chi connectivity index (χ0v) is 23.2. The van der Waals surface area contributed by atoms with Crippen LogP contribution < -0.4 is 4.31 Å². The van der Waals surface area contributed by atoms with Crippen molar-refractivity contribution in [2.45, 2.75) is 24.2 Å². The van der Waals surface area contributed by atoms with Gasteiger partial charge in [-0.1, -0.05) is 46.3 Å². The fourth-order valence-corrected chi connectivity index (χ4v) is 7.14. The van der Waals surface area contributed by atoms with Crippen LogP contribution in [0.2, 0.25) is 0 Å². The lowest BCUT2D eigenvalue weighted by molar-refractivity contribution is 0.0695. The van der Waals surface area contributed by atoms with Crippen LogP contribution in [-0.2, 0) is 16.4 Å². The molecule has 1 aliphatic rings. The largest absolute Gasteiger partial charge is 0.338 e. The number of fused-ring (bicyclic) bond motifs is 1.